The summed E-state index contributed by atoms with van der Waals surface area (Å²) in [5, 5.41) is 8.33. The van der Waals surface area contributed by atoms with Crippen LogP contribution in [0.2, 0.25) is 0 Å². The molecule has 0 saturated carbocycles. The molecule has 0 atom stereocenters. The van der Waals surface area contributed by atoms with Gasteiger partial charge in [-0.3, -0.25) is 0 Å². The molecule has 1 aromatic heterocycles. The van der Waals surface area contributed by atoms with Gasteiger partial charge in [-0.2, -0.15) is 0 Å². The fourth-order valence-corrected chi connectivity index (χ4v) is 3.70. The molecule has 7 heteroatoms. The maximum Gasteiger partial charge on any atom is 0.170 e. The van der Waals surface area contributed by atoms with Gasteiger partial charge in [-0.1, -0.05) is 6.92 Å². The van der Waals surface area contributed by atoms with Gasteiger partial charge in [0.15, 0.2) is 5.11 Å². The molecule has 0 spiro atoms. The summed E-state index contributed by atoms with van der Waals surface area (Å²) in [6.07, 6.45) is 0. The van der Waals surface area contributed by atoms with E-state index in [-0.39, 0.29) is 0 Å². The summed E-state index contributed by atoms with van der Waals surface area (Å²) in [6.45, 7) is 11.6. The van der Waals surface area contributed by atoms with Gasteiger partial charge in [0.05, 0.1) is 5.52 Å². The number of benzene rings is 1. The number of thiocarbonyl (C=S) groups is 1. The second kappa shape index (κ2) is 9.49. The molecular formula is C21H32N6S. The van der Waals surface area contributed by atoms with Crippen LogP contribution in [-0.4, -0.2) is 79.8 Å². The van der Waals surface area contributed by atoms with E-state index in [9.17, 15) is 0 Å². The van der Waals surface area contributed by atoms with E-state index < -0.39 is 0 Å². The van der Waals surface area contributed by atoms with Crippen LogP contribution in [-0.2, 0) is 0 Å². The minimum Gasteiger partial charge on any atom is -0.361 e. The van der Waals surface area contributed by atoms with Crippen molar-refractivity contribution < 1.29 is 0 Å². The van der Waals surface area contributed by atoms with Crippen LogP contribution in [0.1, 0.15) is 12.5 Å². The highest BCUT2D eigenvalue weighted by Crippen LogP contribution is 2.26. The average Bonchev–Trinajstić information content (AvgIpc) is 2.68. The van der Waals surface area contributed by atoms with Crippen LogP contribution in [0.4, 0.5) is 11.5 Å². The standard InChI is InChI=1S/C21H32N6S/c1-5-26-10-12-27(13-11-26)20-14-16(2)18-15-17(6-7-19(18)24-20)23-21(28)22-8-9-25(3)4/h6-7,14-15H,5,8-13H2,1-4H3,(H2,22,23,28). The smallest absolute Gasteiger partial charge is 0.170 e. The van der Waals surface area contributed by atoms with Crippen LogP contribution in [0.25, 0.3) is 10.9 Å². The minimum atomic E-state index is 0.650. The zero-order chi connectivity index (χ0) is 20.1. The number of fused-ring (bicyclic) bond motifs is 1. The number of hydrogen-bond acceptors (Lipinski definition) is 5. The first-order valence-electron chi connectivity index (χ1n) is 10.0. The van der Waals surface area contributed by atoms with Crippen LogP contribution in [0.3, 0.4) is 0 Å². The Labute approximate surface area is 173 Å². The first-order chi connectivity index (χ1) is 13.5. The van der Waals surface area contributed by atoms with Crippen LogP contribution in [0.5, 0.6) is 0 Å². The van der Waals surface area contributed by atoms with E-state index in [0.717, 1.165) is 68.2 Å². The topological polar surface area (TPSA) is 46.7 Å². The molecule has 0 amide bonds. The summed E-state index contributed by atoms with van der Waals surface area (Å²) in [7, 11) is 4.10. The van der Waals surface area contributed by atoms with Gasteiger partial charge in [-0.05, 0) is 69.6 Å². The van der Waals surface area contributed by atoms with Gasteiger partial charge < -0.3 is 25.3 Å². The van der Waals surface area contributed by atoms with Gasteiger partial charge >= 0.3 is 0 Å². The molecule has 1 aliphatic heterocycles. The van der Waals surface area contributed by atoms with E-state index in [4.69, 9.17) is 17.2 Å². The summed E-state index contributed by atoms with van der Waals surface area (Å²) in [5.41, 5.74) is 3.27. The Morgan fingerprint density at radius 2 is 1.93 bits per heavy atom. The molecule has 0 aliphatic carbocycles. The number of aromatic nitrogens is 1. The lowest BCUT2D eigenvalue weighted by Crippen LogP contribution is -2.46. The Balaban J connectivity index is 1.69. The van der Waals surface area contributed by atoms with Crippen LogP contribution in [0, 0.1) is 6.92 Å². The monoisotopic (exact) mass is 400 g/mol. The lowest BCUT2D eigenvalue weighted by molar-refractivity contribution is 0.270. The van der Waals surface area contributed by atoms with E-state index >= 15 is 0 Å². The maximum absolute atomic E-state index is 5.40. The first kappa shape index (κ1) is 20.8. The highest BCUT2D eigenvalue weighted by molar-refractivity contribution is 7.80. The third-order valence-corrected chi connectivity index (χ3v) is 5.49. The molecule has 152 valence electrons. The van der Waals surface area contributed by atoms with Crippen molar-refractivity contribution in [2.45, 2.75) is 13.8 Å². The Hall–Kier alpha value is -1.96. The number of piperazine rings is 1. The molecule has 0 bridgehead atoms. The van der Waals surface area contributed by atoms with Gasteiger partial charge in [-0.15, -0.1) is 0 Å². The van der Waals surface area contributed by atoms with Crippen molar-refractivity contribution >= 4 is 39.7 Å². The molecule has 1 saturated heterocycles. The van der Waals surface area contributed by atoms with Crippen molar-refractivity contribution in [3.8, 4) is 0 Å². The largest absolute Gasteiger partial charge is 0.361 e. The van der Waals surface area contributed by atoms with E-state index in [1.807, 2.05) is 6.07 Å². The summed E-state index contributed by atoms with van der Waals surface area (Å²) in [4.78, 5) is 11.9. The zero-order valence-corrected chi connectivity index (χ0v) is 18.3. The SMILES string of the molecule is CCN1CCN(c2cc(C)c3cc(NC(=S)NCCN(C)C)ccc3n2)CC1. The number of pyridine rings is 1. The molecule has 2 N–H and O–H groups in total. The molecule has 0 radical (unpaired) electrons. The Kier molecular flexibility index (Phi) is 7.04. The number of aryl methyl sites for hydroxylation is 1. The van der Waals surface area contributed by atoms with Crippen molar-refractivity contribution in [2.24, 2.45) is 0 Å². The molecule has 2 heterocycles. The predicted molar refractivity (Wildman–Crippen MR) is 124 cm³/mol. The number of hydrogen-bond donors (Lipinski definition) is 2. The second-order valence-electron chi connectivity index (χ2n) is 7.63. The van der Waals surface area contributed by atoms with E-state index in [0.29, 0.717) is 5.11 Å². The van der Waals surface area contributed by atoms with Crippen molar-refractivity contribution in [3.05, 3.63) is 29.8 Å². The van der Waals surface area contributed by atoms with Crippen LogP contribution >= 0.6 is 12.2 Å². The average molecular weight is 401 g/mol. The molecule has 3 rings (SSSR count). The summed E-state index contributed by atoms with van der Waals surface area (Å²) in [5.74, 6) is 1.09. The number of nitrogens with zero attached hydrogens (tertiary/aromatic N) is 4. The van der Waals surface area contributed by atoms with Gasteiger partial charge in [0.1, 0.15) is 5.82 Å². The highest BCUT2D eigenvalue weighted by atomic mass is 32.1. The number of anilines is 2. The number of nitrogens with one attached hydrogen (secondary N) is 2. The van der Waals surface area contributed by atoms with Gasteiger partial charge in [0.25, 0.3) is 0 Å². The van der Waals surface area contributed by atoms with Crippen LogP contribution in [0.15, 0.2) is 24.3 Å². The van der Waals surface area contributed by atoms with Gasteiger partial charge in [-0.25, -0.2) is 4.98 Å². The summed E-state index contributed by atoms with van der Waals surface area (Å²) < 4.78 is 0. The molecule has 6 nitrogen and oxygen atoms in total. The molecule has 0 unspecified atom stereocenters. The molecule has 1 fully saturated rings. The number of rotatable bonds is 6. The molecule has 2 aromatic rings. The van der Waals surface area contributed by atoms with Crippen molar-refractivity contribution in [1.29, 1.82) is 0 Å². The predicted octanol–water partition coefficient (Wildman–Crippen LogP) is 2.53. The molecule has 1 aromatic carbocycles. The minimum absolute atomic E-state index is 0.650. The summed E-state index contributed by atoms with van der Waals surface area (Å²) in [6, 6.07) is 8.48. The molecular weight excluding hydrogens is 368 g/mol. The normalized spacial score (nSPS) is 15.2. The van der Waals surface area contributed by atoms with Crippen molar-refractivity contribution in [1.82, 2.24) is 20.1 Å². The van der Waals surface area contributed by atoms with Crippen molar-refractivity contribution in [2.75, 3.05) is 70.1 Å². The highest BCUT2D eigenvalue weighted by Gasteiger charge is 2.17. The van der Waals surface area contributed by atoms with E-state index in [1.54, 1.807) is 0 Å². The van der Waals surface area contributed by atoms with Crippen molar-refractivity contribution in [3.63, 3.8) is 0 Å². The third kappa shape index (κ3) is 5.31. The Morgan fingerprint density at radius 1 is 1.18 bits per heavy atom. The van der Waals surface area contributed by atoms with Gasteiger partial charge in [0.2, 0.25) is 0 Å². The molecule has 1 aliphatic rings. The fourth-order valence-electron chi connectivity index (χ4n) is 3.48. The van der Waals surface area contributed by atoms with E-state index in [2.05, 4.69) is 71.5 Å². The van der Waals surface area contributed by atoms with Gasteiger partial charge in [0, 0.05) is 50.3 Å². The second-order valence-corrected chi connectivity index (χ2v) is 8.04. The molecule has 28 heavy (non-hydrogen) atoms. The first-order valence-corrected chi connectivity index (χ1v) is 10.5. The third-order valence-electron chi connectivity index (χ3n) is 5.25. The van der Waals surface area contributed by atoms with E-state index in [1.165, 1.54) is 5.56 Å². The lowest BCUT2D eigenvalue weighted by atomic mass is 10.1. The summed E-state index contributed by atoms with van der Waals surface area (Å²) >= 11 is 5.40. The maximum atomic E-state index is 5.40. The fraction of sp³-hybridized carbons (Fsp3) is 0.524. The Bertz CT molecular complexity index is 814. The lowest BCUT2D eigenvalue weighted by Gasteiger charge is -2.35. The van der Waals surface area contributed by atoms with Crippen LogP contribution < -0.4 is 15.5 Å². The zero-order valence-electron chi connectivity index (χ0n) is 17.5. The number of likely N-dealkylation sites (N-methyl/N-ethyl adjacent to an activating group) is 2. The quantitative estimate of drug-likeness (QED) is 0.723. The Morgan fingerprint density at radius 3 is 2.61 bits per heavy atom.